The second-order valence-corrected chi connectivity index (χ2v) is 4.21. The highest BCUT2D eigenvalue weighted by Crippen LogP contribution is 2.09. The Morgan fingerprint density at radius 3 is 2.94 bits per heavy atom. The zero-order valence-electron chi connectivity index (χ0n) is 9.84. The molecule has 18 heavy (non-hydrogen) atoms. The van der Waals surface area contributed by atoms with Gasteiger partial charge in [0.05, 0.1) is 18.4 Å². The predicted octanol–water partition coefficient (Wildman–Crippen LogP) is 0.500. The fourth-order valence-corrected chi connectivity index (χ4v) is 2.03. The van der Waals surface area contributed by atoms with E-state index in [1.165, 1.54) is 4.90 Å². The van der Waals surface area contributed by atoms with Gasteiger partial charge in [-0.15, -0.1) is 0 Å². The first-order chi connectivity index (χ1) is 8.66. The summed E-state index contributed by atoms with van der Waals surface area (Å²) in [7, 11) is 0. The van der Waals surface area contributed by atoms with Crippen LogP contribution >= 0.6 is 0 Å². The van der Waals surface area contributed by atoms with E-state index in [4.69, 9.17) is 5.11 Å². The lowest BCUT2D eigenvalue weighted by Crippen LogP contribution is -2.44. The molecule has 2 rings (SSSR count). The Labute approximate surface area is 104 Å². The third-order valence-corrected chi connectivity index (χ3v) is 2.91. The van der Waals surface area contributed by atoms with Crippen LogP contribution in [0.2, 0.25) is 0 Å². The molecule has 6 nitrogen and oxygen atoms in total. The molecule has 0 saturated carbocycles. The number of rotatable bonds is 2. The van der Waals surface area contributed by atoms with Gasteiger partial charge in [0.1, 0.15) is 5.82 Å². The zero-order valence-corrected chi connectivity index (χ0v) is 9.84. The van der Waals surface area contributed by atoms with E-state index in [2.05, 4.69) is 15.3 Å². The first-order valence-corrected chi connectivity index (χ1v) is 5.83. The normalized spacial score (nSPS) is 20.5. The smallest absolute Gasteiger partial charge is 0.407 e. The van der Waals surface area contributed by atoms with Crippen molar-refractivity contribution in [2.75, 3.05) is 19.6 Å². The third kappa shape index (κ3) is 3.13. The molecule has 1 saturated heterocycles. The van der Waals surface area contributed by atoms with E-state index in [0.29, 0.717) is 25.3 Å². The summed E-state index contributed by atoms with van der Waals surface area (Å²) in [6, 6.07) is -0.213. The summed E-state index contributed by atoms with van der Waals surface area (Å²) in [5.74, 6) is -0.0378. The highest BCUT2D eigenvalue weighted by atomic mass is 19.1. The summed E-state index contributed by atoms with van der Waals surface area (Å²) in [5, 5.41) is 12.3. The van der Waals surface area contributed by atoms with E-state index in [1.54, 1.807) is 0 Å². The van der Waals surface area contributed by atoms with Crippen LogP contribution in [0, 0.1) is 5.82 Å². The van der Waals surface area contributed by atoms with Crippen molar-refractivity contribution in [3.8, 4) is 0 Å². The monoisotopic (exact) mass is 254 g/mol. The Morgan fingerprint density at radius 2 is 2.28 bits per heavy atom. The summed E-state index contributed by atoms with van der Waals surface area (Å²) in [6.07, 6.45) is 2.42. The van der Waals surface area contributed by atoms with Gasteiger partial charge in [-0.3, -0.25) is 0 Å². The Morgan fingerprint density at radius 1 is 1.56 bits per heavy atom. The first-order valence-electron chi connectivity index (χ1n) is 5.83. The van der Waals surface area contributed by atoms with Gasteiger partial charge in [-0.2, -0.15) is 0 Å². The molecule has 0 bridgehead atoms. The number of hydrogen-bond donors (Lipinski definition) is 2. The van der Waals surface area contributed by atoms with Gasteiger partial charge < -0.3 is 15.3 Å². The van der Waals surface area contributed by atoms with Gasteiger partial charge in [0, 0.05) is 19.5 Å². The van der Waals surface area contributed by atoms with Crippen molar-refractivity contribution in [2.45, 2.75) is 18.9 Å². The maximum Gasteiger partial charge on any atom is 0.407 e. The SMILES string of the molecule is O=C(O)N1CCCNCC1Cc1ncc(F)cn1. The zero-order chi connectivity index (χ0) is 13.0. The Balaban J connectivity index is 2.08. The van der Waals surface area contributed by atoms with Crippen LogP contribution in [-0.4, -0.2) is 51.7 Å². The number of nitrogens with one attached hydrogen (secondary N) is 1. The Kier molecular flexibility index (Phi) is 4.03. The van der Waals surface area contributed by atoms with Crippen molar-refractivity contribution in [3.63, 3.8) is 0 Å². The van der Waals surface area contributed by atoms with E-state index in [1.807, 2.05) is 0 Å². The van der Waals surface area contributed by atoms with Crippen LogP contribution in [0.3, 0.4) is 0 Å². The van der Waals surface area contributed by atoms with E-state index in [-0.39, 0.29) is 6.04 Å². The second-order valence-electron chi connectivity index (χ2n) is 4.21. The van der Waals surface area contributed by atoms with Gasteiger partial charge in [-0.05, 0) is 13.0 Å². The van der Waals surface area contributed by atoms with Crippen molar-refractivity contribution < 1.29 is 14.3 Å². The molecule has 2 N–H and O–H groups in total. The molecular weight excluding hydrogens is 239 g/mol. The van der Waals surface area contributed by atoms with Crippen molar-refractivity contribution in [1.82, 2.24) is 20.2 Å². The minimum absolute atomic E-state index is 0.213. The molecule has 1 aromatic heterocycles. The molecule has 0 radical (unpaired) electrons. The molecule has 1 aromatic rings. The standard InChI is InChI=1S/C11H15FN4O2/c12-8-5-14-10(15-6-8)4-9-7-13-2-1-3-16(9)11(17)18/h5-6,9,13H,1-4,7H2,(H,17,18). The molecule has 0 spiro atoms. The number of hydrogen-bond acceptors (Lipinski definition) is 4. The van der Waals surface area contributed by atoms with Gasteiger partial charge in [0.25, 0.3) is 0 Å². The van der Waals surface area contributed by atoms with Crippen LogP contribution in [-0.2, 0) is 6.42 Å². The predicted molar refractivity (Wildman–Crippen MR) is 61.7 cm³/mol. The second kappa shape index (κ2) is 5.72. The molecule has 2 heterocycles. The maximum absolute atomic E-state index is 12.7. The van der Waals surface area contributed by atoms with Crippen LogP contribution < -0.4 is 5.32 Å². The fourth-order valence-electron chi connectivity index (χ4n) is 2.03. The number of aromatic nitrogens is 2. The molecule has 1 unspecified atom stereocenters. The van der Waals surface area contributed by atoms with Gasteiger partial charge >= 0.3 is 6.09 Å². The van der Waals surface area contributed by atoms with Crippen LogP contribution in [0.4, 0.5) is 9.18 Å². The fraction of sp³-hybridized carbons (Fsp3) is 0.545. The average Bonchev–Trinajstić information content (AvgIpc) is 2.57. The van der Waals surface area contributed by atoms with Crippen molar-refractivity contribution in [1.29, 1.82) is 0 Å². The van der Waals surface area contributed by atoms with Crippen molar-refractivity contribution in [2.24, 2.45) is 0 Å². The topological polar surface area (TPSA) is 78.4 Å². The Hall–Kier alpha value is -1.76. The molecule has 1 aliphatic rings. The van der Waals surface area contributed by atoms with Gasteiger partial charge in [0.2, 0.25) is 0 Å². The van der Waals surface area contributed by atoms with Crippen LogP contribution in [0.25, 0.3) is 0 Å². The van der Waals surface area contributed by atoms with Crippen molar-refractivity contribution >= 4 is 6.09 Å². The molecular formula is C11H15FN4O2. The van der Waals surface area contributed by atoms with Crippen LogP contribution in [0.5, 0.6) is 0 Å². The number of amides is 1. The maximum atomic E-state index is 12.7. The van der Waals surface area contributed by atoms with Gasteiger partial charge in [-0.1, -0.05) is 0 Å². The minimum atomic E-state index is -0.939. The number of halogens is 1. The summed E-state index contributed by atoms with van der Waals surface area (Å²) in [6.45, 7) is 1.85. The highest BCUT2D eigenvalue weighted by Gasteiger charge is 2.25. The number of carboxylic acid groups (broad SMARTS) is 1. The largest absolute Gasteiger partial charge is 0.465 e. The quantitative estimate of drug-likeness (QED) is 0.803. The molecule has 0 aliphatic carbocycles. The lowest BCUT2D eigenvalue weighted by molar-refractivity contribution is 0.127. The molecule has 1 atom stereocenters. The molecule has 7 heteroatoms. The van der Waals surface area contributed by atoms with Crippen molar-refractivity contribution in [3.05, 3.63) is 24.0 Å². The van der Waals surface area contributed by atoms with Crippen LogP contribution in [0.1, 0.15) is 12.2 Å². The first kappa shape index (κ1) is 12.7. The molecule has 1 fully saturated rings. The summed E-state index contributed by atoms with van der Waals surface area (Å²) in [4.78, 5) is 20.3. The van der Waals surface area contributed by atoms with Gasteiger partial charge in [-0.25, -0.2) is 19.2 Å². The van der Waals surface area contributed by atoms with Crippen LogP contribution in [0.15, 0.2) is 12.4 Å². The average molecular weight is 254 g/mol. The number of nitrogens with zero attached hydrogens (tertiary/aromatic N) is 3. The van der Waals surface area contributed by atoms with Gasteiger partial charge in [0.15, 0.2) is 5.82 Å². The minimum Gasteiger partial charge on any atom is -0.465 e. The highest BCUT2D eigenvalue weighted by molar-refractivity contribution is 5.65. The summed E-state index contributed by atoms with van der Waals surface area (Å²) >= 11 is 0. The van der Waals surface area contributed by atoms with E-state index < -0.39 is 11.9 Å². The number of carbonyl (C=O) groups is 1. The van der Waals surface area contributed by atoms with E-state index >= 15 is 0 Å². The molecule has 1 amide bonds. The lowest BCUT2D eigenvalue weighted by atomic mass is 10.1. The third-order valence-electron chi connectivity index (χ3n) is 2.91. The molecule has 0 aromatic carbocycles. The Bertz CT molecular complexity index is 412. The van der Waals surface area contributed by atoms with E-state index in [0.717, 1.165) is 25.4 Å². The summed E-state index contributed by atoms with van der Waals surface area (Å²) in [5.41, 5.74) is 0. The lowest BCUT2D eigenvalue weighted by Gasteiger charge is -2.26. The molecule has 1 aliphatic heterocycles. The summed E-state index contributed by atoms with van der Waals surface area (Å²) < 4.78 is 12.7. The van der Waals surface area contributed by atoms with E-state index in [9.17, 15) is 9.18 Å². The molecule has 98 valence electrons.